The maximum Gasteiger partial charge on any atom is 0.325 e. The van der Waals surface area contributed by atoms with Crippen LogP contribution in [0, 0.1) is 0 Å². The normalized spacial score (nSPS) is 10.4. The molecule has 0 atom stereocenters. The molecule has 3 N–H and O–H groups in total. The highest BCUT2D eigenvalue weighted by Crippen LogP contribution is 2.23. The molecule has 4 aromatic rings. The van der Waals surface area contributed by atoms with E-state index in [-0.39, 0.29) is 12.3 Å². The molecule has 0 aliphatic heterocycles. The Labute approximate surface area is 205 Å². The van der Waals surface area contributed by atoms with Crippen molar-refractivity contribution in [1.82, 2.24) is 4.98 Å². The minimum absolute atomic E-state index is 0.127. The molecule has 9 heteroatoms. The number of urea groups is 1. The average molecular weight is 493 g/mol. The Morgan fingerprint density at radius 3 is 2.38 bits per heavy atom. The summed E-state index contributed by atoms with van der Waals surface area (Å²) in [5.74, 6) is 1.31. The van der Waals surface area contributed by atoms with Crippen LogP contribution < -0.4 is 20.7 Å². The number of aromatic nitrogens is 1. The Balaban J connectivity index is 1.21. The molecular weight excluding hydrogens is 472 g/mol. The third-order valence-corrected chi connectivity index (χ3v) is 5.62. The van der Waals surface area contributed by atoms with Crippen LogP contribution in [0.4, 0.5) is 21.3 Å². The number of aryl methyl sites for hydroxylation is 1. The minimum Gasteiger partial charge on any atom is -0.457 e. The van der Waals surface area contributed by atoms with E-state index in [4.69, 9.17) is 16.3 Å². The van der Waals surface area contributed by atoms with Gasteiger partial charge in [0.2, 0.25) is 5.91 Å². The summed E-state index contributed by atoms with van der Waals surface area (Å²) in [6, 6.07) is 23.1. The van der Waals surface area contributed by atoms with Crippen molar-refractivity contribution in [2.75, 3.05) is 16.0 Å². The standard InChI is InChI=1S/C25H21ClN4O3S/c26-17-5-4-6-19(15-17)28-24(32)30-25-29-20(16-34-25)11-14-23(31)27-18-9-12-22(13-10-18)33-21-7-2-1-3-8-21/h1-10,12-13,15-16H,11,14H2,(H,27,31)(H2,28,29,30,32). The molecule has 0 saturated carbocycles. The van der Waals surface area contributed by atoms with Gasteiger partial charge in [-0.3, -0.25) is 10.1 Å². The monoisotopic (exact) mass is 492 g/mol. The minimum atomic E-state index is -0.416. The molecule has 0 fully saturated rings. The predicted octanol–water partition coefficient (Wildman–Crippen LogP) is 6.80. The topological polar surface area (TPSA) is 92.4 Å². The number of halogens is 1. The van der Waals surface area contributed by atoms with Crippen LogP contribution in [0.3, 0.4) is 0 Å². The molecule has 7 nitrogen and oxygen atoms in total. The Hall–Kier alpha value is -3.88. The van der Waals surface area contributed by atoms with Crippen molar-refractivity contribution in [1.29, 1.82) is 0 Å². The second-order valence-corrected chi connectivity index (χ2v) is 8.52. The smallest absolute Gasteiger partial charge is 0.325 e. The summed E-state index contributed by atoms with van der Waals surface area (Å²) in [5.41, 5.74) is 1.99. The van der Waals surface area contributed by atoms with Gasteiger partial charge in [-0.25, -0.2) is 9.78 Å². The molecule has 172 valence electrons. The van der Waals surface area contributed by atoms with Gasteiger partial charge >= 0.3 is 6.03 Å². The summed E-state index contributed by atoms with van der Waals surface area (Å²) in [7, 11) is 0. The molecule has 0 spiro atoms. The van der Waals surface area contributed by atoms with Crippen molar-refractivity contribution in [3.8, 4) is 11.5 Å². The highest BCUT2D eigenvalue weighted by atomic mass is 35.5. The number of nitrogens with one attached hydrogen (secondary N) is 3. The molecule has 34 heavy (non-hydrogen) atoms. The summed E-state index contributed by atoms with van der Waals surface area (Å²) < 4.78 is 5.75. The summed E-state index contributed by atoms with van der Waals surface area (Å²) in [6.45, 7) is 0. The molecule has 4 rings (SSSR count). The van der Waals surface area contributed by atoms with Crippen LogP contribution in [-0.2, 0) is 11.2 Å². The first-order valence-electron chi connectivity index (χ1n) is 10.4. The first-order valence-corrected chi connectivity index (χ1v) is 11.7. The molecule has 0 aliphatic rings. The van der Waals surface area contributed by atoms with Crippen LogP contribution in [0.5, 0.6) is 11.5 Å². The Bertz CT molecular complexity index is 1260. The van der Waals surface area contributed by atoms with E-state index in [0.29, 0.717) is 33.7 Å². The second-order valence-electron chi connectivity index (χ2n) is 7.22. The lowest BCUT2D eigenvalue weighted by molar-refractivity contribution is -0.116. The number of amides is 3. The maximum absolute atomic E-state index is 12.3. The molecular formula is C25H21ClN4O3S. The summed E-state index contributed by atoms with van der Waals surface area (Å²) >= 11 is 7.21. The Morgan fingerprint density at radius 1 is 0.853 bits per heavy atom. The van der Waals surface area contributed by atoms with Crippen molar-refractivity contribution < 1.29 is 14.3 Å². The van der Waals surface area contributed by atoms with Crippen LogP contribution in [-0.4, -0.2) is 16.9 Å². The van der Waals surface area contributed by atoms with E-state index >= 15 is 0 Å². The fraction of sp³-hybridized carbons (Fsp3) is 0.0800. The number of nitrogens with zero attached hydrogens (tertiary/aromatic N) is 1. The zero-order chi connectivity index (χ0) is 23.8. The van der Waals surface area contributed by atoms with Crippen LogP contribution in [0.25, 0.3) is 0 Å². The zero-order valence-electron chi connectivity index (χ0n) is 18.0. The average Bonchev–Trinajstić information content (AvgIpc) is 3.27. The molecule has 0 radical (unpaired) electrons. The number of carbonyl (C=O) groups is 2. The lowest BCUT2D eigenvalue weighted by Crippen LogP contribution is -2.19. The van der Waals surface area contributed by atoms with Gasteiger partial charge in [0.05, 0.1) is 5.69 Å². The first kappa shape index (κ1) is 23.3. The van der Waals surface area contributed by atoms with Crippen LogP contribution in [0.2, 0.25) is 5.02 Å². The third-order valence-electron chi connectivity index (χ3n) is 4.58. The number of anilines is 3. The lowest BCUT2D eigenvalue weighted by atomic mass is 10.2. The van der Waals surface area contributed by atoms with Gasteiger partial charge in [-0.1, -0.05) is 35.9 Å². The van der Waals surface area contributed by atoms with Crippen LogP contribution in [0.1, 0.15) is 12.1 Å². The van der Waals surface area contributed by atoms with E-state index in [2.05, 4.69) is 20.9 Å². The van der Waals surface area contributed by atoms with Crippen molar-refractivity contribution in [2.45, 2.75) is 12.8 Å². The van der Waals surface area contributed by atoms with E-state index in [1.54, 1.807) is 48.5 Å². The second kappa shape index (κ2) is 11.3. The van der Waals surface area contributed by atoms with Crippen molar-refractivity contribution in [3.63, 3.8) is 0 Å². The molecule has 3 aromatic carbocycles. The van der Waals surface area contributed by atoms with Crippen molar-refractivity contribution in [2.24, 2.45) is 0 Å². The zero-order valence-corrected chi connectivity index (χ0v) is 19.5. The number of ether oxygens (including phenoxy) is 1. The van der Waals surface area contributed by atoms with Crippen molar-refractivity contribution in [3.05, 3.63) is 95.0 Å². The lowest BCUT2D eigenvalue weighted by Gasteiger charge is -2.08. The number of benzene rings is 3. The molecule has 0 aliphatic carbocycles. The van der Waals surface area contributed by atoms with Gasteiger partial charge in [0, 0.05) is 28.2 Å². The number of para-hydroxylation sites is 1. The Kier molecular flexibility index (Phi) is 7.75. The van der Waals surface area contributed by atoms with Gasteiger partial charge in [0.25, 0.3) is 0 Å². The maximum atomic E-state index is 12.3. The fourth-order valence-corrected chi connectivity index (χ4v) is 3.93. The summed E-state index contributed by atoms with van der Waals surface area (Å²) in [4.78, 5) is 28.8. The molecule has 0 saturated heterocycles. The summed E-state index contributed by atoms with van der Waals surface area (Å²) in [5, 5.41) is 11.0. The number of rotatable bonds is 8. The van der Waals surface area contributed by atoms with E-state index in [1.165, 1.54) is 11.3 Å². The van der Waals surface area contributed by atoms with Gasteiger partial charge in [0.1, 0.15) is 11.5 Å². The van der Waals surface area contributed by atoms with E-state index in [0.717, 1.165) is 11.4 Å². The number of carbonyl (C=O) groups excluding carboxylic acids is 2. The number of hydrogen-bond acceptors (Lipinski definition) is 5. The van der Waals surface area contributed by atoms with Gasteiger partial charge in [-0.2, -0.15) is 0 Å². The van der Waals surface area contributed by atoms with E-state index in [1.807, 2.05) is 35.7 Å². The SMILES string of the molecule is O=C(CCc1csc(NC(=O)Nc2cccc(Cl)c2)n1)Nc1ccc(Oc2ccccc2)cc1. The largest absolute Gasteiger partial charge is 0.457 e. The Morgan fingerprint density at radius 2 is 1.62 bits per heavy atom. The highest BCUT2D eigenvalue weighted by molar-refractivity contribution is 7.13. The van der Waals surface area contributed by atoms with Gasteiger partial charge in [-0.05, 0) is 61.0 Å². The predicted molar refractivity (Wildman–Crippen MR) is 136 cm³/mol. The van der Waals surface area contributed by atoms with Gasteiger partial charge in [0.15, 0.2) is 5.13 Å². The quantitative estimate of drug-likeness (QED) is 0.252. The van der Waals surface area contributed by atoms with E-state index < -0.39 is 6.03 Å². The summed E-state index contributed by atoms with van der Waals surface area (Å²) in [6.07, 6.45) is 0.718. The molecule has 0 bridgehead atoms. The number of hydrogen-bond donors (Lipinski definition) is 3. The van der Waals surface area contributed by atoms with Crippen LogP contribution >= 0.6 is 22.9 Å². The third kappa shape index (κ3) is 7.06. The molecule has 1 aromatic heterocycles. The first-order chi connectivity index (χ1) is 16.5. The van der Waals surface area contributed by atoms with E-state index in [9.17, 15) is 9.59 Å². The van der Waals surface area contributed by atoms with Crippen molar-refractivity contribution >= 4 is 51.4 Å². The van der Waals surface area contributed by atoms with Gasteiger partial charge in [-0.15, -0.1) is 11.3 Å². The molecule has 0 unspecified atom stereocenters. The van der Waals surface area contributed by atoms with Crippen LogP contribution in [0.15, 0.2) is 84.2 Å². The molecule has 1 heterocycles. The highest BCUT2D eigenvalue weighted by Gasteiger charge is 2.10. The molecule has 3 amide bonds. The number of thiazole rings is 1. The fourth-order valence-electron chi connectivity index (χ4n) is 3.00. The van der Waals surface area contributed by atoms with Gasteiger partial charge < -0.3 is 15.4 Å².